The third kappa shape index (κ3) is 6.47. The number of nitrogens with zero attached hydrogens (tertiary/aromatic N) is 2. The van der Waals surface area contributed by atoms with Crippen LogP contribution in [0.2, 0.25) is 0 Å². The molecule has 180 valence electrons. The number of thiophene rings is 1. The summed E-state index contributed by atoms with van der Waals surface area (Å²) in [7, 11) is 0. The van der Waals surface area contributed by atoms with Crippen LogP contribution in [0, 0.1) is 6.92 Å². The van der Waals surface area contributed by atoms with Crippen molar-refractivity contribution in [2.24, 2.45) is 0 Å². The van der Waals surface area contributed by atoms with Gasteiger partial charge in [0.15, 0.2) is 0 Å². The molecule has 2 unspecified atom stereocenters. The van der Waals surface area contributed by atoms with E-state index in [9.17, 15) is 21.9 Å². The second-order valence-corrected chi connectivity index (χ2v) is 9.52. The lowest BCUT2D eigenvalue weighted by Crippen LogP contribution is -2.45. The fraction of sp³-hybridized carbons (Fsp3) is 0.391. The van der Waals surface area contributed by atoms with E-state index in [4.69, 9.17) is 0 Å². The molecule has 2 aromatic carbocycles. The van der Waals surface area contributed by atoms with Gasteiger partial charge in [0.1, 0.15) is 10.8 Å². The number of likely N-dealkylation sites (N-methyl/N-ethyl adjacent to an activating group) is 1. The van der Waals surface area contributed by atoms with Crippen LogP contribution in [-0.4, -0.2) is 45.7 Å². The summed E-state index contributed by atoms with van der Waals surface area (Å²) in [6.45, 7) is 7.73. The van der Waals surface area contributed by atoms with Gasteiger partial charge >= 0.3 is 6.36 Å². The number of ether oxygens (including phenoxy) is 1. The maximum Gasteiger partial charge on any atom is 0.573 e. The minimum absolute atomic E-state index is 0.130. The lowest BCUT2D eigenvalue weighted by molar-refractivity contribution is -0.274. The van der Waals surface area contributed by atoms with E-state index < -0.39 is 17.6 Å². The van der Waals surface area contributed by atoms with Crippen molar-refractivity contribution in [3.63, 3.8) is 0 Å². The average molecular weight is 501 g/mol. The van der Waals surface area contributed by atoms with Gasteiger partial charge < -0.3 is 4.74 Å². The van der Waals surface area contributed by atoms with Crippen molar-refractivity contribution in [2.45, 2.75) is 39.6 Å². The molecule has 0 bridgehead atoms. The number of rotatable bonds is 10. The standard InChI is InChI=1S/C23H27F3N2O3S2/c1-4-27(5-2)18(14-17-10-12-19(13-11-17)31-23(24,25)26)15-28(33(29)30)22-16(3)20-8-6-7-9-21(20)32-22/h6-13,18H,4-5,14-15H2,1-3H3,(H,29,30). The van der Waals surface area contributed by atoms with Crippen LogP contribution < -0.4 is 9.04 Å². The molecule has 0 amide bonds. The highest BCUT2D eigenvalue weighted by molar-refractivity contribution is 7.81. The second-order valence-electron chi connectivity index (χ2n) is 7.59. The number of anilines is 1. The first-order valence-corrected chi connectivity index (χ1v) is 12.5. The number of benzene rings is 2. The molecule has 0 aliphatic heterocycles. The predicted octanol–water partition coefficient (Wildman–Crippen LogP) is 6.00. The lowest BCUT2D eigenvalue weighted by atomic mass is 10.0. The Morgan fingerprint density at radius 2 is 1.73 bits per heavy atom. The summed E-state index contributed by atoms with van der Waals surface area (Å²) >= 11 is -0.759. The summed E-state index contributed by atoms with van der Waals surface area (Å²) in [5, 5.41) is 1.79. The Labute approximate surface area is 198 Å². The molecule has 0 aliphatic rings. The molecule has 2 atom stereocenters. The normalized spacial score (nSPS) is 13.9. The van der Waals surface area contributed by atoms with Crippen molar-refractivity contribution in [3.8, 4) is 5.75 Å². The lowest BCUT2D eigenvalue weighted by Gasteiger charge is -2.33. The minimum atomic E-state index is -4.74. The van der Waals surface area contributed by atoms with Crippen LogP contribution in [0.25, 0.3) is 10.1 Å². The zero-order valence-corrected chi connectivity index (χ0v) is 20.3. The summed E-state index contributed by atoms with van der Waals surface area (Å²) in [6.07, 6.45) is -4.23. The summed E-state index contributed by atoms with van der Waals surface area (Å²) in [5.41, 5.74) is 1.77. The van der Waals surface area contributed by atoms with Crippen molar-refractivity contribution in [1.82, 2.24) is 4.90 Å². The van der Waals surface area contributed by atoms with Gasteiger partial charge in [0, 0.05) is 10.7 Å². The number of aryl methyl sites for hydroxylation is 1. The Bertz CT molecular complexity index is 1080. The molecule has 0 saturated carbocycles. The Balaban J connectivity index is 1.87. The van der Waals surface area contributed by atoms with Crippen LogP contribution >= 0.6 is 11.3 Å². The SMILES string of the molecule is CCN(CC)C(Cc1ccc(OC(F)(F)F)cc1)CN(c1sc2ccccc2c1C)S(=O)O. The van der Waals surface area contributed by atoms with Crippen molar-refractivity contribution in [1.29, 1.82) is 0 Å². The Morgan fingerprint density at radius 3 is 2.27 bits per heavy atom. The van der Waals surface area contributed by atoms with E-state index in [1.54, 1.807) is 12.1 Å². The maximum atomic E-state index is 12.5. The number of fused-ring (bicyclic) bond motifs is 1. The highest BCUT2D eigenvalue weighted by atomic mass is 32.2. The zero-order valence-electron chi connectivity index (χ0n) is 18.6. The Morgan fingerprint density at radius 1 is 1.09 bits per heavy atom. The van der Waals surface area contributed by atoms with E-state index in [2.05, 4.69) is 9.64 Å². The molecule has 10 heteroatoms. The molecule has 0 radical (unpaired) electrons. The molecule has 0 aliphatic carbocycles. The monoisotopic (exact) mass is 500 g/mol. The summed E-state index contributed by atoms with van der Waals surface area (Å²) in [4.78, 5) is 2.18. The topological polar surface area (TPSA) is 53.0 Å². The molecule has 0 saturated heterocycles. The molecular formula is C23H27F3N2O3S2. The van der Waals surface area contributed by atoms with Gasteiger partial charge in [-0.15, -0.1) is 24.5 Å². The smallest absolute Gasteiger partial charge is 0.406 e. The zero-order chi connectivity index (χ0) is 24.2. The molecule has 1 aromatic heterocycles. The molecule has 1 N–H and O–H groups in total. The minimum Gasteiger partial charge on any atom is -0.406 e. The van der Waals surface area contributed by atoms with Crippen LogP contribution in [0.5, 0.6) is 5.75 Å². The van der Waals surface area contributed by atoms with Crippen molar-refractivity contribution < 1.29 is 26.7 Å². The van der Waals surface area contributed by atoms with Crippen molar-refractivity contribution >= 4 is 37.7 Å². The first-order chi connectivity index (χ1) is 15.6. The van der Waals surface area contributed by atoms with Gasteiger partial charge in [0.05, 0.1) is 6.54 Å². The highest BCUT2D eigenvalue weighted by Crippen LogP contribution is 2.38. The van der Waals surface area contributed by atoms with Gasteiger partial charge in [-0.2, -0.15) is 0 Å². The number of alkyl halides is 3. The van der Waals surface area contributed by atoms with Gasteiger partial charge in [-0.25, -0.2) is 4.21 Å². The molecule has 0 spiro atoms. The van der Waals surface area contributed by atoms with E-state index in [-0.39, 0.29) is 11.8 Å². The quantitative estimate of drug-likeness (QED) is 0.347. The molecule has 5 nitrogen and oxygen atoms in total. The van der Waals surface area contributed by atoms with Gasteiger partial charge in [-0.05, 0) is 61.1 Å². The van der Waals surface area contributed by atoms with Crippen molar-refractivity contribution in [3.05, 3.63) is 59.7 Å². The van der Waals surface area contributed by atoms with Crippen LogP contribution in [-0.2, 0) is 17.7 Å². The van der Waals surface area contributed by atoms with Crippen LogP contribution in [0.15, 0.2) is 48.5 Å². The van der Waals surface area contributed by atoms with Gasteiger partial charge in [0.2, 0.25) is 0 Å². The summed E-state index contributed by atoms with van der Waals surface area (Å²) < 4.78 is 66.4. The maximum absolute atomic E-state index is 12.5. The highest BCUT2D eigenvalue weighted by Gasteiger charge is 2.31. The van der Waals surface area contributed by atoms with Gasteiger partial charge in [-0.3, -0.25) is 13.8 Å². The van der Waals surface area contributed by atoms with E-state index in [0.29, 0.717) is 13.0 Å². The van der Waals surface area contributed by atoms with Crippen LogP contribution in [0.4, 0.5) is 18.2 Å². The molecule has 33 heavy (non-hydrogen) atoms. The third-order valence-electron chi connectivity index (χ3n) is 5.57. The molecule has 0 fully saturated rings. The van der Waals surface area contributed by atoms with E-state index in [0.717, 1.165) is 39.3 Å². The van der Waals surface area contributed by atoms with Crippen LogP contribution in [0.3, 0.4) is 0 Å². The largest absolute Gasteiger partial charge is 0.573 e. The fourth-order valence-corrected chi connectivity index (χ4v) is 5.96. The molecule has 3 rings (SSSR count). The van der Waals surface area contributed by atoms with Crippen LogP contribution in [0.1, 0.15) is 25.0 Å². The molecular weight excluding hydrogens is 473 g/mol. The fourth-order valence-electron chi connectivity index (χ4n) is 3.96. The summed E-state index contributed by atoms with van der Waals surface area (Å²) in [6, 6.07) is 13.5. The third-order valence-corrected chi connectivity index (χ3v) is 7.69. The Hall–Kier alpha value is -2.14. The number of halogens is 3. The number of hydrogen-bond acceptors (Lipinski definition) is 4. The average Bonchev–Trinajstić information content (AvgIpc) is 3.09. The van der Waals surface area contributed by atoms with E-state index >= 15 is 0 Å². The van der Waals surface area contributed by atoms with E-state index in [1.807, 2.05) is 45.0 Å². The first-order valence-electron chi connectivity index (χ1n) is 10.6. The van der Waals surface area contributed by atoms with Crippen molar-refractivity contribution in [2.75, 3.05) is 23.9 Å². The number of hydrogen-bond donors (Lipinski definition) is 1. The van der Waals surface area contributed by atoms with E-state index in [1.165, 1.54) is 27.8 Å². The van der Waals surface area contributed by atoms with Gasteiger partial charge in [-0.1, -0.05) is 44.2 Å². The summed E-state index contributed by atoms with van der Waals surface area (Å²) in [5.74, 6) is -0.273. The predicted molar refractivity (Wildman–Crippen MR) is 128 cm³/mol. The first kappa shape index (κ1) is 25.5. The Kier molecular flexibility index (Phi) is 8.38. The van der Waals surface area contributed by atoms with Gasteiger partial charge in [0.25, 0.3) is 11.3 Å². The second kappa shape index (κ2) is 10.9. The molecule has 1 heterocycles. The molecule has 3 aromatic rings.